The van der Waals surface area contributed by atoms with E-state index >= 15 is 0 Å². The van der Waals surface area contributed by atoms with Crippen molar-refractivity contribution in [1.82, 2.24) is 15.2 Å². The van der Waals surface area contributed by atoms with E-state index in [1.807, 2.05) is 36.4 Å². The predicted octanol–water partition coefficient (Wildman–Crippen LogP) is 4.50. The minimum Gasteiger partial charge on any atom is -0.364 e. The fraction of sp³-hybridized carbons (Fsp3) is 0.167. The molecule has 1 aromatic heterocycles. The molecule has 5 nitrogen and oxygen atoms in total. The molecular formula is C18H18ClN5. The summed E-state index contributed by atoms with van der Waals surface area (Å²) in [7, 11) is 0. The summed E-state index contributed by atoms with van der Waals surface area (Å²) in [5.74, 6) is 1.08. The maximum atomic E-state index is 6.16. The highest BCUT2D eigenvalue weighted by atomic mass is 35.5. The number of nitrogens with zero attached hydrogens (tertiary/aromatic N) is 3. The van der Waals surface area contributed by atoms with Crippen LogP contribution in [0, 0.1) is 13.8 Å². The zero-order valence-corrected chi connectivity index (χ0v) is 14.3. The van der Waals surface area contributed by atoms with Gasteiger partial charge in [-0.15, -0.1) is 5.10 Å². The molecule has 3 aromatic rings. The number of hydrogen-bond donors (Lipinski definition) is 2. The fourth-order valence-electron chi connectivity index (χ4n) is 2.45. The van der Waals surface area contributed by atoms with E-state index in [9.17, 15) is 0 Å². The van der Waals surface area contributed by atoms with E-state index in [-0.39, 0.29) is 0 Å². The van der Waals surface area contributed by atoms with E-state index in [4.69, 9.17) is 11.6 Å². The molecule has 0 aliphatic rings. The van der Waals surface area contributed by atoms with Gasteiger partial charge in [-0.05, 0) is 48.7 Å². The Hall–Kier alpha value is -2.66. The summed E-state index contributed by atoms with van der Waals surface area (Å²) in [5.41, 5.74) is 4.30. The molecule has 2 aromatic carbocycles. The van der Waals surface area contributed by atoms with Crippen molar-refractivity contribution in [3.05, 3.63) is 70.4 Å². The van der Waals surface area contributed by atoms with Crippen LogP contribution < -0.4 is 10.6 Å². The van der Waals surface area contributed by atoms with Crippen molar-refractivity contribution in [1.29, 1.82) is 0 Å². The number of nitrogens with one attached hydrogen (secondary N) is 2. The van der Waals surface area contributed by atoms with Crippen LogP contribution in [-0.4, -0.2) is 15.2 Å². The highest BCUT2D eigenvalue weighted by molar-refractivity contribution is 6.31. The third-order valence-electron chi connectivity index (χ3n) is 3.45. The van der Waals surface area contributed by atoms with Crippen molar-refractivity contribution in [2.45, 2.75) is 20.4 Å². The van der Waals surface area contributed by atoms with Gasteiger partial charge in [0.2, 0.25) is 5.95 Å². The summed E-state index contributed by atoms with van der Waals surface area (Å²) in [5, 5.41) is 15.1. The minimum absolute atomic E-state index is 0.448. The second-order valence-corrected chi connectivity index (χ2v) is 6.02. The molecule has 6 heteroatoms. The molecule has 0 amide bonds. The number of halogens is 1. The first-order valence-electron chi connectivity index (χ1n) is 7.62. The van der Waals surface area contributed by atoms with Crippen LogP contribution in [0.4, 0.5) is 17.5 Å². The quantitative estimate of drug-likeness (QED) is 0.716. The average Bonchev–Trinajstić information content (AvgIpc) is 2.53. The molecule has 0 aliphatic heterocycles. The summed E-state index contributed by atoms with van der Waals surface area (Å²) in [4.78, 5) is 4.43. The van der Waals surface area contributed by atoms with Gasteiger partial charge in [0.05, 0.1) is 6.20 Å². The predicted molar refractivity (Wildman–Crippen MR) is 97.8 cm³/mol. The van der Waals surface area contributed by atoms with Gasteiger partial charge in [0.15, 0.2) is 5.82 Å². The molecule has 24 heavy (non-hydrogen) atoms. The first-order valence-corrected chi connectivity index (χ1v) is 8.00. The van der Waals surface area contributed by atoms with E-state index in [2.05, 4.69) is 45.7 Å². The Morgan fingerprint density at radius 3 is 2.54 bits per heavy atom. The Morgan fingerprint density at radius 2 is 1.79 bits per heavy atom. The van der Waals surface area contributed by atoms with Crippen molar-refractivity contribution in [3.8, 4) is 0 Å². The monoisotopic (exact) mass is 339 g/mol. The largest absolute Gasteiger partial charge is 0.364 e. The van der Waals surface area contributed by atoms with Gasteiger partial charge < -0.3 is 10.6 Å². The molecule has 0 atom stereocenters. The van der Waals surface area contributed by atoms with Gasteiger partial charge in [0.25, 0.3) is 0 Å². The molecule has 3 rings (SSSR count). The molecule has 2 N–H and O–H groups in total. The van der Waals surface area contributed by atoms with Crippen LogP contribution in [-0.2, 0) is 6.54 Å². The first-order chi connectivity index (χ1) is 11.6. The Labute approximate surface area is 146 Å². The van der Waals surface area contributed by atoms with Crippen molar-refractivity contribution < 1.29 is 0 Å². The molecule has 0 bridgehead atoms. The van der Waals surface area contributed by atoms with Gasteiger partial charge in [-0.25, -0.2) is 0 Å². The number of anilines is 3. The number of rotatable bonds is 5. The van der Waals surface area contributed by atoms with Crippen LogP contribution in [0.15, 0.2) is 48.7 Å². The van der Waals surface area contributed by atoms with Crippen molar-refractivity contribution in [2.75, 3.05) is 10.6 Å². The number of benzene rings is 2. The van der Waals surface area contributed by atoms with Crippen LogP contribution in [0.25, 0.3) is 0 Å². The van der Waals surface area contributed by atoms with Gasteiger partial charge in [0, 0.05) is 17.3 Å². The van der Waals surface area contributed by atoms with E-state index < -0.39 is 0 Å². The lowest BCUT2D eigenvalue weighted by molar-refractivity contribution is 0.965. The van der Waals surface area contributed by atoms with E-state index in [1.54, 1.807) is 6.20 Å². The third-order valence-corrected chi connectivity index (χ3v) is 3.82. The van der Waals surface area contributed by atoms with E-state index in [0.717, 1.165) is 16.3 Å². The van der Waals surface area contributed by atoms with E-state index in [0.29, 0.717) is 18.3 Å². The van der Waals surface area contributed by atoms with Gasteiger partial charge >= 0.3 is 0 Å². The molecule has 0 fully saturated rings. The maximum absolute atomic E-state index is 6.16. The smallest absolute Gasteiger partial charge is 0.249 e. The zero-order valence-electron chi connectivity index (χ0n) is 13.5. The van der Waals surface area contributed by atoms with Crippen LogP contribution in [0.3, 0.4) is 0 Å². The molecule has 0 saturated heterocycles. The number of hydrogen-bond acceptors (Lipinski definition) is 5. The topological polar surface area (TPSA) is 62.7 Å². The Bertz CT molecular complexity index is 830. The highest BCUT2D eigenvalue weighted by Crippen LogP contribution is 2.19. The van der Waals surface area contributed by atoms with Crippen LogP contribution >= 0.6 is 11.6 Å². The number of aryl methyl sites for hydroxylation is 2. The Kier molecular flexibility index (Phi) is 4.91. The lowest BCUT2D eigenvalue weighted by Crippen LogP contribution is -2.06. The fourth-order valence-corrected chi connectivity index (χ4v) is 2.65. The second kappa shape index (κ2) is 7.27. The summed E-state index contributed by atoms with van der Waals surface area (Å²) in [6, 6.07) is 13.9. The summed E-state index contributed by atoms with van der Waals surface area (Å²) >= 11 is 6.16. The summed E-state index contributed by atoms with van der Waals surface area (Å²) in [6.07, 6.45) is 1.59. The van der Waals surface area contributed by atoms with Crippen LogP contribution in [0.5, 0.6) is 0 Å². The van der Waals surface area contributed by atoms with E-state index in [1.165, 1.54) is 11.1 Å². The maximum Gasteiger partial charge on any atom is 0.249 e. The lowest BCUT2D eigenvalue weighted by atomic mass is 10.1. The van der Waals surface area contributed by atoms with Gasteiger partial charge in [-0.2, -0.15) is 10.1 Å². The highest BCUT2D eigenvalue weighted by Gasteiger charge is 2.04. The van der Waals surface area contributed by atoms with Crippen LogP contribution in [0.2, 0.25) is 5.02 Å². The molecule has 0 unspecified atom stereocenters. The summed E-state index contributed by atoms with van der Waals surface area (Å²) < 4.78 is 0. The normalized spacial score (nSPS) is 10.5. The lowest BCUT2D eigenvalue weighted by Gasteiger charge is -2.09. The standard InChI is InChI=1S/C18H18ClN5/c1-12-7-13(2)9-15(8-12)22-18-23-17(11-21-24-18)20-10-14-5-3-4-6-16(14)19/h3-9,11H,10H2,1-2H3,(H2,20,22,23,24). The Balaban J connectivity index is 1.71. The van der Waals surface area contributed by atoms with Crippen molar-refractivity contribution >= 4 is 29.1 Å². The summed E-state index contributed by atoms with van der Waals surface area (Å²) in [6.45, 7) is 4.68. The van der Waals surface area contributed by atoms with Gasteiger partial charge in [0.1, 0.15) is 0 Å². The second-order valence-electron chi connectivity index (χ2n) is 5.61. The molecule has 1 heterocycles. The molecule has 0 saturated carbocycles. The molecule has 0 spiro atoms. The molecular weight excluding hydrogens is 322 g/mol. The first kappa shape index (κ1) is 16.2. The third kappa shape index (κ3) is 4.20. The Morgan fingerprint density at radius 1 is 1.04 bits per heavy atom. The zero-order chi connectivity index (χ0) is 16.9. The minimum atomic E-state index is 0.448. The average molecular weight is 340 g/mol. The SMILES string of the molecule is Cc1cc(C)cc(Nc2nncc(NCc3ccccc3Cl)n2)c1. The van der Waals surface area contributed by atoms with Crippen molar-refractivity contribution in [2.24, 2.45) is 0 Å². The molecule has 0 radical (unpaired) electrons. The van der Waals surface area contributed by atoms with Crippen molar-refractivity contribution in [3.63, 3.8) is 0 Å². The van der Waals surface area contributed by atoms with Gasteiger partial charge in [-0.3, -0.25) is 0 Å². The number of aromatic nitrogens is 3. The molecule has 122 valence electrons. The molecule has 0 aliphatic carbocycles. The van der Waals surface area contributed by atoms with Gasteiger partial charge in [-0.1, -0.05) is 35.9 Å². The van der Waals surface area contributed by atoms with Crippen LogP contribution in [0.1, 0.15) is 16.7 Å².